The second kappa shape index (κ2) is 3.32. The van der Waals surface area contributed by atoms with E-state index in [2.05, 4.69) is 0 Å². The van der Waals surface area contributed by atoms with Crippen molar-refractivity contribution in [3.63, 3.8) is 0 Å². The molecule has 1 aliphatic heterocycles. The Bertz CT molecular complexity index is 448. The number of carbonyl (C=O) groups is 1. The fraction of sp³-hybridized carbons (Fsp3) is 0.200. The Morgan fingerprint density at radius 1 is 1.50 bits per heavy atom. The minimum atomic E-state index is 0.0117. The second-order valence-corrected chi connectivity index (χ2v) is 3.32. The van der Waals surface area contributed by atoms with Gasteiger partial charge in [0.05, 0.1) is 17.7 Å². The number of rotatable bonds is 0. The van der Waals surface area contributed by atoms with Crippen molar-refractivity contribution in [2.24, 2.45) is 0 Å². The zero-order chi connectivity index (χ0) is 10.1. The van der Waals surface area contributed by atoms with Crippen LogP contribution in [0.4, 0.5) is 0 Å². The molecule has 3 nitrogen and oxygen atoms in total. The van der Waals surface area contributed by atoms with Gasteiger partial charge in [0.25, 0.3) is 0 Å². The molecule has 14 heavy (non-hydrogen) atoms. The lowest BCUT2D eigenvalue weighted by Crippen LogP contribution is -2.15. The molecule has 0 amide bonds. The topological polar surface area (TPSA) is 50.1 Å². The molecule has 0 bridgehead atoms. The molecule has 0 N–H and O–H groups in total. The number of hydrogen-bond donors (Lipinski definition) is 0. The molecule has 2 rings (SSSR count). The highest BCUT2D eigenvalue weighted by atomic mass is 35.5. The zero-order valence-corrected chi connectivity index (χ0v) is 7.97. The molecule has 0 radical (unpaired) electrons. The van der Waals surface area contributed by atoms with Gasteiger partial charge in [0.1, 0.15) is 16.8 Å². The number of benzene rings is 1. The first-order valence-corrected chi connectivity index (χ1v) is 4.50. The van der Waals surface area contributed by atoms with E-state index in [1.165, 1.54) is 6.07 Å². The van der Waals surface area contributed by atoms with Gasteiger partial charge in [0.2, 0.25) is 0 Å². The van der Waals surface area contributed by atoms with Gasteiger partial charge in [-0.25, -0.2) is 0 Å². The Hall–Kier alpha value is -1.53. The van der Waals surface area contributed by atoms with Gasteiger partial charge in [-0.15, -0.1) is 0 Å². The molecule has 0 saturated carbocycles. The van der Waals surface area contributed by atoms with Crippen molar-refractivity contribution >= 4 is 17.4 Å². The molecule has 4 heteroatoms. The zero-order valence-electron chi connectivity index (χ0n) is 7.21. The van der Waals surface area contributed by atoms with E-state index >= 15 is 0 Å². The highest BCUT2D eigenvalue weighted by molar-refractivity contribution is 6.34. The van der Waals surface area contributed by atoms with Crippen LogP contribution in [0.2, 0.25) is 5.02 Å². The van der Waals surface area contributed by atoms with E-state index in [0.29, 0.717) is 29.9 Å². The summed E-state index contributed by atoms with van der Waals surface area (Å²) in [4.78, 5) is 11.4. The number of hydrogen-bond acceptors (Lipinski definition) is 3. The van der Waals surface area contributed by atoms with E-state index in [0.717, 1.165) is 0 Å². The summed E-state index contributed by atoms with van der Waals surface area (Å²) in [5, 5.41) is 8.95. The third kappa shape index (κ3) is 1.24. The van der Waals surface area contributed by atoms with Crippen molar-refractivity contribution in [2.45, 2.75) is 6.42 Å². The van der Waals surface area contributed by atoms with Crippen molar-refractivity contribution < 1.29 is 9.53 Å². The molecular formula is C10H6ClNO2. The summed E-state index contributed by atoms with van der Waals surface area (Å²) in [6.07, 6.45) is 0.370. The average Bonchev–Trinajstić information content (AvgIpc) is 2.20. The minimum Gasteiger partial charge on any atom is -0.491 e. The van der Waals surface area contributed by atoms with Gasteiger partial charge in [-0.3, -0.25) is 4.79 Å². The smallest absolute Gasteiger partial charge is 0.170 e. The Kier molecular flexibility index (Phi) is 2.14. The first kappa shape index (κ1) is 9.04. The van der Waals surface area contributed by atoms with Crippen molar-refractivity contribution in [3.8, 4) is 11.8 Å². The third-order valence-electron chi connectivity index (χ3n) is 2.09. The summed E-state index contributed by atoms with van der Waals surface area (Å²) in [5.41, 5.74) is 0.806. The van der Waals surface area contributed by atoms with Crippen molar-refractivity contribution in [2.75, 3.05) is 6.61 Å². The van der Waals surface area contributed by atoms with Gasteiger partial charge in [-0.2, -0.15) is 5.26 Å². The fourth-order valence-corrected chi connectivity index (χ4v) is 1.65. The number of Topliss-reactive ketones (excluding diaryl/α,β-unsaturated/α-hetero) is 1. The van der Waals surface area contributed by atoms with Crippen LogP contribution in [0.3, 0.4) is 0 Å². The first-order valence-electron chi connectivity index (χ1n) is 4.12. The summed E-state index contributed by atoms with van der Waals surface area (Å²) in [5.74, 6) is 0.361. The van der Waals surface area contributed by atoms with Gasteiger partial charge in [0.15, 0.2) is 5.78 Å². The van der Waals surface area contributed by atoms with Crippen LogP contribution >= 0.6 is 11.6 Å². The van der Waals surface area contributed by atoms with Crippen LogP contribution < -0.4 is 4.74 Å². The highest BCUT2D eigenvalue weighted by Crippen LogP contribution is 2.34. The maximum absolute atomic E-state index is 11.4. The Balaban J connectivity index is 2.64. The number of ketones is 1. The summed E-state index contributed by atoms with van der Waals surface area (Å²) >= 11 is 5.89. The normalized spacial score (nSPS) is 14.1. The molecule has 0 aliphatic carbocycles. The van der Waals surface area contributed by atoms with Gasteiger partial charge in [-0.05, 0) is 12.1 Å². The molecule has 70 valence electrons. The largest absolute Gasteiger partial charge is 0.491 e. The molecule has 1 aliphatic rings. The van der Waals surface area contributed by atoms with Crippen LogP contribution in [-0.4, -0.2) is 12.4 Å². The maximum Gasteiger partial charge on any atom is 0.170 e. The molecule has 0 fully saturated rings. The minimum absolute atomic E-state index is 0.0117. The van der Waals surface area contributed by atoms with Crippen LogP contribution in [0.5, 0.6) is 5.75 Å². The molecule has 0 aromatic heterocycles. The monoisotopic (exact) mass is 207 g/mol. The quantitative estimate of drug-likeness (QED) is 0.655. The number of nitriles is 1. The van der Waals surface area contributed by atoms with Crippen LogP contribution in [0, 0.1) is 11.3 Å². The van der Waals surface area contributed by atoms with E-state index < -0.39 is 0 Å². The van der Waals surface area contributed by atoms with Crippen molar-refractivity contribution in [1.29, 1.82) is 5.26 Å². The average molecular weight is 208 g/mol. The summed E-state index contributed by atoms with van der Waals surface area (Å²) in [7, 11) is 0. The fourth-order valence-electron chi connectivity index (χ4n) is 1.38. The van der Waals surface area contributed by atoms with Crippen LogP contribution in [0.25, 0.3) is 0 Å². The summed E-state index contributed by atoms with van der Waals surface area (Å²) in [6.45, 7) is 0.334. The van der Waals surface area contributed by atoms with E-state index in [-0.39, 0.29) is 10.8 Å². The number of ether oxygens (including phenoxy) is 1. The highest BCUT2D eigenvalue weighted by Gasteiger charge is 2.22. The number of halogens is 1. The summed E-state index contributed by atoms with van der Waals surface area (Å²) in [6, 6.07) is 5.06. The lowest BCUT2D eigenvalue weighted by atomic mass is 10.0. The van der Waals surface area contributed by atoms with Gasteiger partial charge >= 0.3 is 0 Å². The number of nitrogens with zero attached hydrogens (tertiary/aromatic N) is 1. The molecule has 0 atom stereocenters. The molecule has 0 unspecified atom stereocenters. The van der Waals surface area contributed by atoms with Crippen molar-refractivity contribution in [3.05, 3.63) is 28.3 Å². The Morgan fingerprint density at radius 2 is 2.29 bits per heavy atom. The molecule has 1 aromatic carbocycles. The number of carbonyl (C=O) groups excluding carboxylic acids is 1. The van der Waals surface area contributed by atoms with E-state index in [4.69, 9.17) is 21.6 Å². The van der Waals surface area contributed by atoms with Gasteiger partial charge in [0, 0.05) is 6.42 Å². The van der Waals surface area contributed by atoms with Gasteiger partial charge < -0.3 is 4.74 Å². The lowest BCUT2D eigenvalue weighted by Gasteiger charge is -2.17. The van der Waals surface area contributed by atoms with Crippen LogP contribution in [-0.2, 0) is 0 Å². The third-order valence-corrected chi connectivity index (χ3v) is 2.47. The number of fused-ring (bicyclic) bond motifs is 1. The molecular weight excluding hydrogens is 202 g/mol. The second-order valence-electron chi connectivity index (χ2n) is 2.94. The van der Waals surface area contributed by atoms with E-state index in [9.17, 15) is 4.79 Å². The first-order chi connectivity index (χ1) is 6.74. The van der Waals surface area contributed by atoms with Gasteiger partial charge in [-0.1, -0.05) is 11.6 Å². The molecule has 1 heterocycles. The Morgan fingerprint density at radius 3 is 3.00 bits per heavy atom. The standard InChI is InChI=1S/C10H6ClNO2/c11-9-6(5-12)1-2-7-8(13)3-4-14-10(7)9/h1-2H,3-4H2. The molecule has 0 saturated heterocycles. The predicted octanol–water partition coefficient (Wildman–Crippen LogP) is 2.18. The van der Waals surface area contributed by atoms with Crippen LogP contribution in [0.15, 0.2) is 12.1 Å². The molecule has 1 aromatic rings. The van der Waals surface area contributed by atoms with Crippen LogP contribution in [0.1, 0.15) is 22.3 Å². The maximum atomic E-state index is 11.4. The van der Waals surface area contributed by atoms with E-state index in [1.54, 1.807) is 6.07 Å². The predicted molar refractivity (Wildman–Crippen MR) is 50.6 cm³/mol. The Labute approximate surface area is 85.9 Å². The van der Waals surface area contributed by atoms with Crippen molar-refractivity contribution in [1.82, 2.24) is 0 Å². The van der Waals surface area contributed by atoms with E-state index in [1.807, 2.05) is 6.07 Å². The summed E-state index contributed by atoms with van der Waals surface area (Å²) < 4.78 is 5.26. The SMILES string of the molecule is N#Cc1ccc2c(c1Cl)OCCC2=O. The molecule has 0 spiro atoms. The lowest BCUT2D eigenvalue weighted by molar-refractivity contribution is 0.0933.